The van der Waals surface area contributed by atoms with Gasteiger partial charge in [0.15, 0.2) is 0 Å². The lowest BCUT2D eigenvalue weighted by atomic mass is 10.2. The van der Waals surface area contributed by atoms with Crippen molar-refractivity contribution in [1.82, 2.24) is 15.6 Å². The van der Waals surface area contributed by atoms with E-state index in [1.165, 1.54) is 12.3 Å². The van der Waals surface area contributed by atoms with Crippen molar-refractivity contribution >= 4 is 34.8 Å². The molecule has 2 rings (SSSR count). The van der Waals surface area contributed by atoms with Crippen molar-refractivity contribution in [2.24, 2.45) is 0 Å². The molecular weight excluding hydrogens is 310 g/mol. The van der Waals surface area contributed by atoms with Crippen molar-refractivity contribution < 1.29 is 9.59 Å². The first kappa shape index (κ1) is 15.5. The van der Waals surface area contributed by atoms with Crippen LogP contribution >= 0.6 is 22.9 Å². The van der Waals surface area contributed by atoms with E-state index in [9.17, 15) is 9.59 Å². The number of carbonyl (C=O) groups excluding carboxylic acids is 2. The first-order valence-corrected chi connectivity index (χ1v) is 7.54. The van der Waals surface area contributed by atoms with Gasteiger partial charge in [0.2, 0.25) is 5.91 Å². The molecule has 110 valence electrons. The van der Waals surface area contributed by atoms with Gasteiger partial charge in [-0.05, 0) is 30.5 Å². The number of carbonyl (C=O) groups is 2. The maximum atomic E-state index is 11.8. The fourth-order valence-electron chi connectivity index (χ4n) is 1.68. The number of hydrogen-bond acceptors (Lipinski definition) is 4. The largest absolute Gasteiger partial charge is 0.347 e. The van der Waals surface area contributed by atoms with Crippen molar-refractivity contribution in [3.63, 3.8) is 0 Å². The highest BCUT2D eigenvalue weighted by atomic mass is 35.5. The molecule has 0 fully saturated rings. The van der Waals surface area contributed by atoms with Crippen LogP contribution in [0, 0.1) is 0 Å². The molecule has 1 unspecified atom stereocenters. The summed E-state index contributed by atoms with van der Waals surface area (Å²) in [6, 6.07) is 6.81. The minimum absolute atomic E-state index is 0.0845. The molecule has 2 N–H and O–H groups in total. The van der Waals surface area contributed by atoms with E-state index < -0.39 is 5.91 Å². The second-order valence-corrected chi connectivity index (χ2v) is 5.76. The quantitative estimate of drug-likeness (QED) is 0.887. The maximum Gasteiger partial charge on any atom is 0.270 e. The van der Waals surface area contributed by atoms with Gasteiger partial charge >= 0.3 is 0 Å². The zero-order chi connectivity index (χ0) is 15.2. The second kappa shape index (κ2) is 7.19. The summed E-state index contributed by atoms with van der Waals surface area (Å²) >= 11 is 7.35. The van der Waals surface area contributed by atoms with E-state index in [0.717, 1.165) is 4.88 Å². The number of pyridine rings is 1. The predicted molar refractivity (Wildman–Crippen MR) is 82.5 cm³/mol. The third-order valence-electron chi connectivity index (χ3n) is 2.71. The Balaban J connectivity index is 1.82. The SMILES string of the molecule is CC(NC(=O)CNC(=O)c1cc(Cl)ccn1)c1cccs1. The van der Waals surface area contributed by atoms with E-state index >= 15 is 0 Å². The number of halogens is 1. The number of nitrogens with zero attached hydrogens (tertiary/aromatic N) is 1. The van der Waals surface area contributed by atoms with E-state index in [1.54, 1.807) is 17.4 Å². The zero-order valence-electron chi connectivity index (χ0n) is 11.3. The van der Waals surface area contributed by atoms with Crippen LogP contribution in [0.2, 0.25) is 5.02 Å². The van der Waals surface area contributed by atoms with E-state index in [1.807, 2.05) is 24.4 Å². The Hall–Kier alpha value is -1.92. The molecule has 0 spiro atoms. The predicted octanol–water partition coefficient (Wildman–Crippen LogP) is 2.40. The highest BCUT2D eigenvalue weighted by Crippen LogP contribution is 2.17. The van der Waals surface area contributed by atoms with Gasteiger partial charge in [-0.25, -0.2) is 0 Å². The van der Waals surface area contributed by atoms with Gasteiger partial charge in [0.1, 0.15) is 5.69 Å². The van der Waals surface area contributed by atoms with Gasteiger partial charge in [-0.1, -0.05) is 17.7 Å². The van der Waals surface area contributed by atoms with Crippen molar-refractivity contribution in [3.8, 4) is 0 Å². The van der Waals surface area contributed by atoms with E-state index in [2.05, 4.69) is 15.6 Å². The lowest BCUT2D eigenvalue weighted by Crippen LogP contribution is -2.38. The summed E-state index contributed by atoms with van der Waals surface area (Å²) < 4.78 is 0. The first-order valence-electron chi connectivity index (χ1n) is 6.29. The molecule has 0 aliphatic heterocycles. The van der Waals surface area contributed by atoms with Crippen LogP contribution in [0.5, 0.6) is 0 Å². The third-order valence-corrected chi connectivity index (χ3v) is 4.00. The van der Waals surface area contributed by atoms with Gasteiger partial charge in [0, 0.05) is 16.1 Å². The number of aromatic nitrogens is 1. The Morgan fingerprint density at radius 1 is 1.43 bits per heavy atom. The first-order chi connectivity index (χ1) is 10.1. The topological polar surface area (TPSA) is 71.1 Å². The monoisotopic (exact) mass is 323 g/mol. The second-order valence-electron chi connectivity index (χ2n) is 4.35. The molecule has 21 heavy (non-hydrogen) atoms. The molecule has 0 radical (unpaired) electrons. The number of nitrogens with one attached hydrogen (secondary N) is 2. The van der Waals surface area contributed by atoms with Gasteiger partial charge in [-0.2, -0.15) is 0 Å². The lowest BCUT2D eigenvalue weighted by Gasteiger charge is -2.12. The van der Waals surface area contributed by atoms with E-state index in [0.29, 0.717) is 5.02 Å². The minimum atomic E-state index is -0.434. The molecule has 1 atom stereocenters. The average molecular weight is 324 g/mol. The fraction of sp³-hybridized carbons (Fsp3) is 0.214. The normalized spacial score (nSPS) is 11.7. The Bertz CT molecular complexity index is 631. The highest BCUT2D eigenvalue weighted by molar-refractivity contribution is 7.10. The molecule has 0 bridgehead atoms. The molecule has 0 saturated heterocycles. The number of amides is 2. The van der Waals surface area contributed by atoms with Gasteiger partial charge in [-0.15, -0.1) is 11.3 Å². The highest BCUT2D eigenvalue weighted by Gasteiger charge is 2.12. The molecule has 2 aromatic heterocycles. The molecule has 7 heteroatoms. The molecule has 2 aromatic rings. The van der Waals surface area contributed by atoms with Crippen molar-refractivity contribution in [3.05, 3.63) is 51.4 Å². The summed E-state index contributed by atoms with van der Waals surface area (Å²) in [4.78, 5) is 28.5. The van der Waals surface area contributed by atoms with Crippen molar-refractivity contribution in [2.75, 3.05) is 6.54 Å². The summed E-state index contributed by atoms with van der Waals surface area (Å²) in [5.41, 5.74) is 0.182. The number of hydrogen-bond donors (Lipinski definition) is 2. The summed E-state index contributed by atoms with van der Waals surface area (Å²) in [7, 11) is 0. The van der Waals surface area contributed by atoms with Gasteiger partial charge < -0.3 is 10.6 Å². The van der Waals surface area contributed by atoms with Crippen LogP contribution in [0.15, 0.2) is 35.8 Å². The maximum absolute atomic E-state index is 11.8. The molecule has 5 nitrogen and oxygen atoms in total. The van der Waals surface area contributed by atoms with Gasteiger partial charge in [0.05, 0.1) is 12.6 Å². The number of thiophene rings is 1. The molecule has 2 heterocycles. The van der Waals surface area contributed by atoms with Crippen LogP contribution < -0.4 is 10.6 Å². The zero-order valence-corrected chi connectivity index (χ0v) is 12.9. The van der Waals surface area contributed by atoms with Crippen LogP contribution in [0.4, 0.5) is 0 Å². The minimum Gasteiger partial charge on any atom is -0.347 e. The van der Waals surface area contributed by atoms with E-state index in [4.69, 9.17) is 11.6 Å². The van der Waals surface area contributed by atoms with Crippen LogP contribution in [0.1, 0.15) is 28.3 Å². The fourth-order valence-corrected chi connectivity index (χ4v) is 2.58. The molecular formula is C14H14ClN3O2S. The Morgan fingerprint density at radius 2 is 2.24 bits per heavy atom. The lowest BCUT2D eigenvalue weighted by molar-refractivity contribution is -0.120. The summed E-state index contributed by atoms with van der Waals surface area (Å²) in [5, 5.41) is 7.69. The van der Waals surface area contributed by atoms with Crippen LogP contribution in [-0.4, -0.2) is 23.3 Å². The van der Waals surface area contributed by atoms with E-state index in [-0.39, 0.29) is 24.2 Å². The summed E-state index contributed by atoms with van der Waals surface area (Å²) in [5.74, 6) is -0.692. The smallest absolute Gasteiger partial charge is 0.270 e. The Kier molecular flexibility index (Phi) is 5.30. The van der Waals surface area contributed by atoms with Crippen LogP contribution in [0.3, 0.4) is 0 Å². The molecule has 0 saturated carbocycles. The Morgan fingerprint density at radius 3 is 2.90 bits per heavy atom. The standard InChI is InChI=1S/C14H14ClN3O2S/c1-9(12-3-2-6-21-12)18-13(19)8-17-14(20)11-7-10(15)4-5-16-11/h2-7,9H,8H2,1H3,(H,17,20)(H,18,19). The molecule has 2 amide bonds. The molecule has 0 aliphatic carbocycles. The van der Waals surface area contributed by atoms with Crippen LogP contribution in [-0.2, 0) is 4.79 Å². The molecule has 0 aromatic carbocycles. The van der Waals surface area contributed by atoms with Crippen molar-refractivity contribution in [1.29, 1.82) is 0 Å². The Labute approximate surface area is 131 Å². The summed E-state index contributed by atoms with van der Waals surface area (Å²) in [6.07, 6.45) is 1.44. The van der Waals surface area contributed by atoms with Gasteiger partial charge in [0.25, 0.3) is 5.91 Å². The van der Waals surface area contributed by atoms with Crippen LogP contribution in [0.25, 0.3) is 0 Å². The van der Waals surface area contributed by atoms with Crippen molar-refractivity contribution in [2.45, 2.75) is 13.0 Å². The molecule has 0 aliphatic rings. The van der Waals surface area contributed by atoms with Gasteiger partial charge in [-0.3, -0.25) is 14.6 Å². The average Bonchev–Trinajstić information content (AvgIpc) is 2.99. The number of rotatable bonds is 5. The summed E-state index contributed by atoms with van der Waals surface area (Å²) in [6.45, 7) is 1.78. The third kappa shape index (κ3) is 4.54.